The lowest BCUT2D eigenvalue weighted by Gasteiger charge is -2.41. The monoisotopic (exact) mass is 227 g/mol. The second-order valence-electron chi connectivity index (χ2n) is 5.77. The van der Waals surface area contributed by atoms with E-state index in [1.807, 2.05) is 0 Å². The molecule has 0 unspecified atom stereocenters. The lowest BCUT2D eigenvalue weighted by atomic mass is 9.72. The largest absolute Gasteiger partial charge is 0.390 e. The second kappa shape index (κ2) is 6.61. The van der Waals surface area contributed by atoms with Gasteiger partial charge in [-0.15, -0.1) is 0 Å². The summed E-state index contributed by atoms with van der Waals surface area (Å²) in [6.07, 6.45) is 9.46. The van der Waals surface area contributed by atoms with Crippen molar-refractivity contribution in [2.75, 3.05) is 20.6 Å². The van der Waals surface area contributed by atoms with Crippen LogP contribution in [0.4, 0.5) is 0 Å². The molecule has 1 aliphatic carbocycles. The highest BCUT2D eigenvalue weighted by molar-refractivity contribution is 4.90. The van der Waals surface area contributed by atoms with E-state index in [1.54, 1.807) is 0 Å². The Kier molecular flexibility index (Phi) is 5.77. The van der Waals surface area contributed by atoms with E-state index >= 15 is 0 Å². The van der Waals surface area contributed by atoms with Gasteiger partial charge in [-0.05, 0) is 33.4 Å². The third-order valence-corrected chi connectivity index (χ3v) is 3.97. The predicted molar refractivity (Wildman–Crippen MR) is 69.6 cm³/mol. The van der Waals surface area contributed by atoms with Gasteiger partial charge in [0.15, 0.2) is 0 Å². The molecule has 0 saturated heterocycles. The highest BCUT2D eigenvalue weighted by atomic mass is 16.3. The molecule has 1 rings (SSSR count). The minimum Gasteiger partial charge on any atom is -0.390 e. The fourth-order valence-corrected chi connectivity index (χ4v) is 3.01. The Morgan fingerprint density at radius 2 is 2.00 bits per heavy atom. The third-order valence-electron chi connectivity index (χ3n) is 3.97. The summed E-state index contributed by atoms with van der Waals surface area (Å²) in [5.74, 6) is 0.494. The molecule has 1 N–H and O–H groups in total. The van der Waals surface area contributed by atoms with E-state index in [0.29, 0.717) is 5.92 Å². The average molecular weight is 227 g/mol. The van der Waals surface area contributed by atoms with Crippen molar-refractivity contribution < 1.29 is 5.11 Å². The standard InChI is InChI=1S/C14H29NO/c1-4-5-7-10-14(16)11-8-6-9-13(14)12-15(2)3/h13,16H,4-12H2,1-3H3/t13-,14+/m1/s1. The molecule has 0 radical (unpaired) electrons. The van der Waals surface area contributed by atoms with E-state index in [9.17, 15) is 5.11 Å². The molecule has 16 heavy (non-hydrogen) atoms. The summed E-state index contributed by atoms with van der Waals surface area (Å²) in [5.41, 5.74) is -0.363. The van der Waals surface area contributed by atoms with Crippen LogP contribution in [0.5, 0.6) is 0 Å². The number of hydrogen-bond donors (Lipinski definition) is 1. The Balaban J connectivity index is 2.49. The van der Waals surface area contributed by atoms with Gasteiger partial charge >= 0.3 is 0 Å². The average Bonchev–Trinajstić information content (AvgIpc) is 2.22. The van der Waals surface area contributed by atoms with Crippen molar-refractivity contribution in [2.24, 2.45) is 5.92 Å². The van der Waals surface area contributed by atoms with Gasteiger partial charge in [0.2, 0.25) is 0 Å². The lowest BCUT2D eigenvalue weighted by Crippen LogP contribution is -2.45. The molecule has 0 spiro atoms. The van der Waals surface area contributed by atoms with Crippen LogP contribution in [-0.2, 0) is 0 Å². The van der Waals surface area contributed by atoms with Crippen LogP contribution in [0.3, 0.4) is 0 Å². The zero-order chi connectivity index (χ0) is 12.0. The van der Waals surface area contributed by atoms with Crippen LogP contribution < -0.4 is 0 Å². The highest BCUT2D eigenvalue weighted by Crippen LogP contribution is 2.37. The van der Waals surface area contributed by atoms with Gasteiger partial charge in [0, 0.05) is 12.5 Å². The first-order chi connectivity index (χ1) is 7.58. The first kappa shape index (κ1) is 14.0. The summed E-state index contributed by atoms with van der Waals surface area (Å²) in [6.45, 7) is 3.27. The highest BCUT2D eigenvalue weighted by Gasteiger charge is 2.38. The van der Waals surface area contributed by atoms with E-state index in [-0.39, 0.29) is 5.60 Å². The summed E-state index contributed by atoms with van der Waals surface area (Å²) in [6, 6.07) is 0. The smallest absolute Gasteiger partial charge is 0.0688 e. The maximum atomic E-state index is 10.8. The van der Waals surface area contributed by atoms with Gasteiger partial charge in [-0.2, -0.15) is 0 Å². The number of unbranched alkanes of at least 4 members (excludes halogenated alkanes) is 2. The summed E-state index contributed by atoms with van der Waals surface area (Å²) in [5, 5.41) is 10.8. The van der Waals surface area contributed by atoms with Crippen LogP contribution in [0, 0.1) is 5.92 Å². The van der Waals surface area contributed by atoms with Crippen LogP contribution in [-0.4, -0.2) is 36.2 Å². The molecular formula is C14H29NO. The van der Waals surface area contributed by atoms with Crippen molar-refractivity contribution in [2.45, 2.75) is 63.9 Å². The molecule has 0 aromatic rings. The fraction of sp³-hybridized carbons (Fsp3) is 1.00. The molecule has 1 fully saturated rings. The van der Waals surface area contributed by atoms with Crippen molar-refractivity contribution in [3.8, 4) is 0 Å². The van der Waals surface area contributed by atoms with Crippen LogP contribution in [0.25, 0.3) is 0 Å². The van der Waals surface area contributed by atoms with Gasteiger partial charge in [0.1, 0.15) is 0 Å². The van der Waals surface area contributed by atoms with Crippen LogP contribution in [0.15, 0.2) is 0 Å². The lowest BCUT2D eigenvalue weighted by molar-refractivity contribution is -0.0635. The minimum absolute atomic E-state index is 0.363. The molecule has 2 atom stereocenters. The first-order valence-corrected chi connectivity index (χ1v) is 6.95. The molecule has 0 bridgehead atoms. The van der Waals surface area contributed by atoms with Gasteiger partial charge < -0.3 is 10.0 Å². The molecular weight excluding hydrogens is 198 g/mol. The summed E-state index contributed by atoms with van der Waals surface area (Å²) >= 11 is 0. The van der Waals surface area contributed by atoms with Crippen LogP contribution in [0.2, 0.25) is 0 Å². The van der Waals surface area contributed by atoms with E-state index in [0.717, 1.165) is 19.4 Å². The SMILES string of the molecule is CCCCC[C@]1(O)CCCC[C@@H]1CN(C)C. The molecule has 2 heteroatoms. The first-order valence-electron chi connectivity index (χ1n) is 6.95. The Morgan fingerprint density at radius 3 is 2.62 bits per heavy atom. The molecule has 96 valence electrons. The van der Waals surface area contributed by atoms with E-state index < -0.39 is 0 Å². The third kappa shape index (κ3) is 4.06. The van der Waals surface area contributed by atoms with Gasteiger partial charge in [0.05, 0.1) is 5.60 Å². The zero-order valence-electron chi connectivity index (χ0n) is 11.3. The van der Waals surface area contributed by atoms with Crippen LogP contribution in [0.1, 0.15) is 58.3 Å². The Bertz CT molecular complexity index is 193. The molecule has 2 nitrogen and oxygen atoms in total. The van der Waals surface area contributed by atoms with Crippen molar-refractivity contribution in [3.05, 3.63) is 0 Å². The molecule has 0 aromatic carbocycles. The van der Waals surface area contributed by atoms with E-state index in [2.05, 4.69) is 25.9 Å². The molecule has 0 aliphatic heterocycles. The second-order valence-corrected chi connectivity index (χ2v) is 5.77. The molecule has 1 aliphatic rings. The van der Waals surface area contributed by atoms with E-state index in [1.165, 1.54) is 38.5 Å². The number of hydrogen-bond acceptors (Lipinski definition) is 2. The van der Waals surface area contributed by atoms with Gasteiger partial charge in [-0.1, -0.05) is 39.0 Å². The molecule has 0 heterocycles. The Morgan fingerprint density at radius 1 is 1.25 bits per heavy atom. The van der Waals surface area contributed by atoms with Crippen molar-refractivity contribution in [1.29, 1.82) is 0 Å². The van der Waals surface area contributed by atoms with Crippen molar-refractivity contribution in [1.82, 2.24) is 4.90 Å². The topological polar surface area (TPSA) is 23.5 Å². The van der Waals surface area contributed by atoms with E-state index in [4.69, 9.17) is 0 Å². The molecule has 1 saturated carbocycles. The summed E-state index contributed by atoms with van der Waals surface area (Å²) in [4.78, 5) is 2.22. The van der Waals surface area contributed by atoms with Crippen molar-refractivity contribution in [3.63, 3.8) is 0 Å². The zero-order valence-corrected chi connectivity index (χ0v) is 11.3. The Hall–Kier alpha value is -0.0800. The maximum absolute atomic E-state index is 10.8. The normalized spacial score (nSPS) is 30.9. The number of rotatable bonds is 6. The molecule has 0 aromatic heterocycles. The van der Waals surface area contributed by atoms with Gasteiger partial charge in [-0.25, -0.2) is 0 Å². The summed E-state index contributed by atoms with van der Waals surface area (Å²) < 4.78 is 0. The quantitative estimate of drug-likeness (QED) is 0.705. The van der Waals surface area contributed by atoms with Crippen molar-refractivity contribution >= 4 is 0 Å². The van der Waals surface area contributed by atoms with Gasteiger partial charge in [0.25, 0.3) is 0 Å². The fourth-order valence-electron chi connectivity index (χ4n) is 3.01. The number of aliphatic hydroxyl groups is 1. The number of nitrogens with zero attached hydrogens (tertiary/aromatic N) is 1. The van der Waals surface area contributed by atoms with Gasteiger partial charge in [-0.3, -0.25) is 0 Å². The Labute approximate surface area is 101 Å². The summed E-state index contributed by atoms with van der Waals surface area (Å²) in [7, 11) is 4.22. The van der Waals surface area contributed by atoms with Crippen LogP contribution >= 0.6 is 0 Å². The minimum atomic E-state index is -0.363. The maximum Gasteiger partial charge on any atom is 0.0688 e. The molecule has 0 amide bonds. The predicted octanol–water partition coefficient (Wildman–Crippen LogP) is 3.05.